The molecule has 0 unspecified atom stereocenters. The highest BCUT2D eigenvalue weighted by molar-refractivity contribution is 7.22. The van der Waals surface area contributed by atoms with E-state index in [1.807, 2.05) is 34.8 Å². The van der Waals surface area contributed by atoms with E-state index < -0.39 is 0 Å². The summed E-state index contributed by atoms with van der Waals surface area (Å²) in [6.07, 6.45) is 0. The maximum Gasteiger partial charge on any atom is 0.0991 e. The van der Waals surface area contributed by atoms with Crippen molar-refractivity contribution in [1.82, 2.24) is 4.57 Å². The molecule has 65 heavy (non-hydrogen) atoms. The van der Waals surface area contributed by atoms with E-state index >= 15 is 0 Å². The lowest BCUT2D eigenvalue weighted by molar-refractivity contribution is 1.18. The lowest BCUT2D eigenvalue weighted by Crippen LogP contribution is -2.09. The molecule has 9 aromatic carbocycles. The Bertz CT molecular complexity index is 3380. The number of para-hydroxylation sites is 4. The molecule has 0 N–H and O–H groups in total. The molecule has 0 saturated heterocycles. The summed E-state index contributed by atoms with van der Waals surface area (Å²) in [7, 11) is 0. The molecule has 0 aliphatic heterocycles. The van der Waals surface area contributed by atoms with E-state index in [2.05, 4.69) is 239 Å². The average Bonchev–Trinajstić information content (AvgIpc) is 4.08. The minimum atomic E-state index is 0.646. The maximum atomic E-state index is 9.67. The van der Waals surface area contributed by atoms with Crippen molar-refractivity contribution in [2.24, 2.45) is 0 Å². The summed E-state index contributed by atoms with van der Waals surface area (Å²) in [5.74, 6) is 0. The van der Waals surface area contributed by atoms with Gasteiger partial charge in [-0.05, 0) is 155 Å². The number of nitrogens with zero attached hydrogens (tertiary/aromatic N) is 4. The zero-order valence-electron chi connectivity index (χ0n) is 35.0. The van der Waals surface area contributed by atoms with Gasteiger partial charge in [0.1, 0.15) is 0 Å². The number of hydrogen-bond acceptors (Lipinski definition) is 5. The van der Waals surface area contributed by atoms with Crippen LogP contribution in [-0.4, -0.2) is 4.57 Å². The Kier molecular flexibility index (Phi) is 9.57. The van der Waals surface area contributed by atoms with E-state index in [1.165, 1.54) is 51.8 Å². The van der Waals surface area contributed by atoms with Gasteiger partial charge in [0.05, 0.1) is 22.7 Å². The van der Waals surface area contributed by atoms with Gasteiger partial charge in [0.2, 0.25) is 0 Å². The number of anilines is 6. The van der Waals surface area contributed by atoms with Crippen molar-refractivity contribution in [3.05, 3.63) is 236 Å². The third-order valence-corrected chi connectivity index (χ3v) is 14.5. The van der Waals surface area contributed by atoms with E-state index in [1.54, 1.807) is 0 Å². The Morgan fingerprint density at radius 3 is 1.08 bits per heavy atom. The minimum absolute atomic E-state index is 0.646. The Labute approximate surface area is 385 Å². The number of fused-ring (bicyclic) bond motifs is 5. The number of nitriles is 1. The second-order valence-electron chi connectivity index (χ2n) is 16.1. The molecule has 3 heterocycles. The standard InChI is InChI=1S/C59H38N4S2/c60-39-40-21-27-51(28-22-40)63-54-33-43-35-56(41-23-29-49(30-24-41)61(45-13-5-1-6-14-45)46-15-7-2-8-16-46)64-58(43)37-52(54)53-38-59-44(34-55(53)63)36-57(65-59)42-25-31-50(32-26-42)62(47-17-9-3-10-18-47)48-19-11-4-12-20-48/h1-38H. The molecule has 0 radical (unpaired) electrons. The highest BCUT2D eigenvalue weighted by Crippen LogP contribution is 2.45. The normalized spacial score (nSPS) is 11.4. The van der Waals surface area contributed by atoms with Gasteiger partial charge in [-0.1, -0.05) is 97.1 Å². The lowest BCUT2D eigenvalue weighted by Gasteiger charge is -2.25. The van der Waals surface area contributed by atoms with Gasteiger partial charge >= 0.3 is 0 Å². The van der Waals surface area contributed by atoms with Gasteiger partial charge in [-0.15, -0.1) is 22.7 Å². The summed E-state index contributed by atoms with van der Waals surface area (Å²) < 4.78 is 4.86. The van der Waals surface area contributed by atoms with Crippen LogP contribution in [0.3, 0.4) is 0 Å². The first-order valence-corrected chi connectivity index (χ1v) is 23.3. The van der Waals surface area contributed by atoms with Crippen LogP contribution < -0.4 is 9.80 Å². The van der Waals surface area contributed by atoms with Crippen LogP contribution in [0.4, 0.5) is 34.1 Å². The molecule has 0 aliphatic rings. The third kappa shape index (κ3) is 7.01. The lowest BCUT2D eigenvalue weighted by atomic mass is 10.1. The predicted molar refractivity (Wildman–Crippen MR) is 276 cm³/mol. The van der Waals surface area contributed by atoms with Crippen molar-refractivity contribution in [3.63, 3.8) is 0 Å². The fourth-order valence-electron chi connectivity index (χ4n) is 9.08. The van der Waals surface area contributed by atoms with E-state index in [0.717, 1.165) is 50.8 Å². The molecule has 0 aliphatic carbocycles. The Hall–Kier alpha value is -8.21. The first kappa shape index (κ1) is 38.5. The SMILES string of the molecule is N#Cc1ccc(-n2c3cc4cc(-c5ccc(N(c6ccccc6)c6ccccc6)cc5)sc4cc3c3cc4sc(-c5ccc(N(c6ccccc6)c6ccccc6)cc5)cc4cc32)cc1. The van der Waals surface area contributed by atoms with Crippen LogP contribution in [0.1, 0.15) is 5.56 Å². The summed E-state index contributed by atoms with van der Waals surface area (Å²) in [6.45, 7) is 0. The molecule has 12 aromatic rings. The van der Waals surface area contributed by atoms with E-state index in [-0.39, 0.29) is 0 Å². The predicted octanol–water partition coefficient (Wildman–Crippen LogP) is 17.4. The van der Waals surface area contributed by atoms with Gasteiger partial charge in [-0.25, -0.2) is 0 Å². The van der Waals surface area contributed by atoms with Crippen LogP contribution >= 0.6 is 22.7 Å². The van der Waals surface area contributed by atoms with Crippen LogP contribution in [0.2, 0.25) is 0 Å². The molecule has 0 spiro atoms. The molecule has 3 aromatic heterocycles. The Morgan fingerprint density at radius 1 is 0.369 bits per heavy atom. The summed E-state index contributed by atoms with van der Waals surface area (Å²) in [4.78, 5) is 7.05. The van der Waals surface area contributed by atoms with E-state index in [9.17, 15) is 5.26 Å². The summed E-state index contributed by atoms with van der Waals surface area (Å²) in [6, 6.07) is 84.4. The molecule has 4 nitrogen and oxygen atoms in total. The molecule has 0 fully saturated rings. The molecule has 6 heteroatoms. The van der Waals surface area contributed by atoms with Gasteiger partial charge in [0.15, 0.2) is 0 Å². The van der Waals surface area contributed by atoms with Crippen molar-refractivity contribution in [2.45, 2.75) is 0 Å². The average molecular weight is 867 g/mol. The number of benzene rings is 9. The highest BCUT2D eigenvalue weighted by atomic mass is 32.1. The topological polar surface area (TPSA) is 35.2 Å². The van der Waals surface area contributed by atoms with Crippen molar-refractivity contribution >= 4 is 98.8 Å². The van der Waals surface area contributed by atoms with Crippen LogP contribution in [0, 0.1) is 11.3 Å². The molecule has 0 bridgehead atoms. The van der Waals surface area contributed by atoms with E-state index in [0.29, 0.717) is 5.56 Å². The second kappa shape index (κ2) is 16.2. The van der Waals surface area contributed by atoms with Gasteiger partial charge < -0.3 is 14.4 Å². The van der Waals surface area contributed by atoms with Gasteiger partial charge in [-0.2, -0.15) is 5.26 Å². The molecule has 306 valence electrons. The molecule has 12 rings (SSSR count). The first-order valence-electron chi connectivity index (χ1n) is 21.6. The van der Waals surface area contributed by atoms with Crippen LogP contribution in [0.5, 0.6) is 0 Å². The van der Waals surface area contributed by atoms with Gasteiger partial charge in [-0.3, -0.25) is 0 Å². The summed E-state index contributed by atoms with van der Waals surface area (Å²) in [5.41, 5.74) is 13.0. The summed E-state index contributed by atoms with van der Waals surface area (Å²) >= 11 is 3.67. The molecule has 0 atom stereocenters. The van der Waals surface area contributed by atoms with Gasteiger partial charge in [0.25, 0.3) is 0 Å². The van der Waals surface area contributed by atoms with Crippen molar-refractivity contribution in [3.8, 4) is 32.6 Å². The quantitative estimate of drug-likeness (QED) is 0.145. The summed E-state index contributed by atoms with van der Waals surface area (Å²) in [5, 5.41) is 14.5. The van der Waals surface area contributed by atoms with Crippen LogP contribution in [0.25, 0.3) is 68.5 Å². The number of thiophene rings is 2. The molecular weight excluding hydrogens is 829 g/mol. The Morgan fingerprint density at radius 2 is 0.723 bits per heavy atom. The minimum Gasteiger partial charge on any atom is -0.311 e. The largest absolute Gasteiger partial charge is 0.311 e. The molecule has 0 amide bonds. The molecule has 0 saturated carbocycles. The fourth-order valence-corrected chi connectivity index (χ4v) is 11.3. The fraction of sp³-hybridized carbons (Fsp3) is 0. The highest BCUT2D eigenvalue weighted by Gasteiger charge is 2.19. The van der Waals surface area contributed by atoms with Crippen molar-refractivity contribution in [2.75, 3.05) is 9.80 Å². The van der Waals surface area contributed by atoms with Crippen LogP contribution in [-0.2, 0) is 0 Å². The number of rotatable bonds is 9. The van der Waals surface area contributed by atoms with Crippen molar-refractivity contribution < 1.29 is 0 Å². The van der Waals surface area contributed by atoms with Crippen molar-refractivity contribution in [1.29, 1.82) is 5.26 Å². The number of hydrogen-bond donors (Lipinski definition) is 0. The molecular formula is C59H38N4S2. The second-order valence-corrected chi connectivity index (χ2v) is 18.3. The zero-order valence-corrected chi connectivity index (χ0v) is 36.7. The number of aromatic nitrogens is 1. The van der Waals surface area contributed by atoms with E-state index in [4.69, 9.17) is 0 Å². The Balaban J connectivity index is 0.936. The van der Waals surface area contributed by atoms with Gasteiger partial charge in [0, 0.05) is 69.7 Å². The first-order chi connectivity index (χ1) is 32.1. The monoisotopic (exact) mass is 866 g/mol. The third-order valence-electron chi connectivity index (χ3n) is 12.2. The maximum absolute atomic E-state index is 9.67. The smallest absolute Gasteiger partial charge is 0.0991 e. The van der Waals surface area contributed by atoms with Crippen LogP contribution in [0.15, 0.2) is 231 Å². The zero-order chi connectivity index (χ0) is 43.3.